The van der Waals surface area contributed by atoms with Crippen LogP contribution in [0.15, 0.2) is 35.3 Å². The SMILES string of the molecule is CN=C(NCC1CC1)NC1CC(C)N(Cc2ccccc2)C1. The maximum Gasteiger partial charge on any atom is 0.191 e. The average molecular weight is 300 g/mol. The molecule has 1 aromatic carbocycles. The lowest BCUT2D eigenvalue weighted by molar-refractivity contribution is 0.258. The summed E-state index contributed by atoms with van der Waals surface area (Å²) in [6.45, 7) is 5.51. The molecular formula is C18H28N4. The van der Waals surface area contributed by atoms with Crippen molar-refractivity contribution in [3.63, 3.8) is 0 Å². The van der Waals surface area contributed by atoms with Crippen LogP contribution in [-0.2, 0) is 6.54 Å². The van der Waals surface area contributed by atoms with Crippen molar-refractivity contribution in [2.45, 2.75) is 44.8 Å². The zero-order chi connectivity index (χ0) is 15.4. The van der Waals surface area contributed by atoms with Crippen LogP contribution in [0, 0.1) is 5.92 Å². The molecule has 0 spiro atoms. The van der Waals surface area contributed by atoms with Gasteiger partial charge in [-0.2, -0.15) is 0 Å². The Hall–Kier alpha value is -1.55. The van der Waals surface area contributed by atoms with Crippen molar-refractivity contribution in [2.24, 2.45) is 10.9 Å². The summed E-state index contributed by atoms with van der Waals surface area (Å²) in [6.07, 6.45) is 3.92. The van der Waals surface area contributed by atoms with Crippen molar-refractivity contribution in [2.75, 3.05) is 20.1 Å². The fourth-order valence-corrected chi connectivity index (χ4v) is 3.19. The van der Waals surface area contributed by atoms with Crippen LogP contribution in [-0.4, -0.2) is 43.1 Å². The molecule has 2 aliphatic rings. The zero-order valence-corrected chi connectivity index (χ0v) is 13.8. The summed E-state index contributed by atoms with van der Waals surface area (Å²) in [5, 5.41) is 7.05. The molecular weight excluding hydrogens is 272 g/mol. The number of hydrogen-bond donors (Lipinski definition) is 2. The minimum Gasteiger partial charge on any atom is -0.356 e. The lowest BCUT2D eigenvalue weighted by atomic mass is 10.2. The van der Waals surface area contributed by atoms with Crippen LogP contribution >= 0.6 is 0 Å². The Balaban J connectivity index is 1.49. The maximum absolute atomic E-state index is 4.36. The first-order chi connectivity index (χ1) is 10.7. The fourth-order valence-electron chi connectivity index (χ4n) is 3.19. The molecule has 4 heteroatoms. The van der Waals surface area contributed by atoms with Gasteiger partial charge >= 0.3 is 0 Å². The monoisotopic (exact) mass is 300 g/mol. The molecule has 1 aliphatic heterocycles. The highest BCUT2D eigenvalue weighted by Gasteiger charge is 2.29. The van der Waals surface area contributed by atoms with Crippen LogP contribution < -0.4 is 10.6 Å². The van der Waals surface area contributed by atoms with E-state index in [0.717, 1.165) is 31.5 Å². The number of guanidine groups is 1. The number of aliphatic imine (C=N–C) groups is 1. The van der Waals surface area contributed by atoms with Crippen molar-refractivity contribution in [1.82, 2.24) is 15.5 Å². The van der Waals surface area contributed by atoms with Crippen molar-refractivity contribution in [3.8, 4) is 0 Å². The van der Waals surface area contributed by atoms with Crippen molar-refractivity contribution in [3.05, 3.63) is 35.9 Å². The molecule has 2 unspecified atom stereocenters. The Morgan fingerprint density at radius 1 is 1.27 bits per heavy atom. The van der Waals surface area contributed by atoms with Gasteiger partial charge in [0.2, 0.25) is 0 Å². The molecule has 3 rings (SSSR count). The molecule has 22 heavy (non-hydrogen) atoms. The van der Waals surface area contributed by atoms with E-state index in [9.17, 15) is 0 Å². The van der Waals surface area contributed by atoms with E-state index in [0.29, 0.717) is 12.1 Å². The third-order valence-electron chi connectivity index (χ3n) is 4.75. The smallest absolute Gasteiger partial charge is 0.191 e. The first-order valence-corrected chi connectivity index (χ1v) is 8.49. The summed E-state index contributed by atoms with van der Waals surface area (Å²) < 4.78 is 0. The third kappa shape index (κ3) is 4.23. The van der Waals surface area contributed by atoms with Gasteiger partial charge in [0.25, 0.3) is 0 Å². The lowest BCUT2D eigenvalue weighted by Gasteiger charge is -2.21. The van der Waals surface area contributed by atoms with Gasteiger partial charge in [-0.15, -0.1) is 0 Å². The molecule has 1 saturated heterocycles. The molecule has 0 aromatic heterocycles. The van der Waals surface area contributed by atoms with Crippen LogP contribution in [0.3, 0.4) is 0 Å². The van der Waals surface area contributed by atoms with E-state index >= 15 is 0 Å². The normalized spacial score (nSPS) is 26.2. The highest BCUT2D eigenvalue weighted by Crippen LogP contribution is 2.27. The minimum atomic E-state index is 0.490. The maximum atomic E-state index is 4.36. The predicted octanol–water partition coefficient (Wildman–Crippen LogP) is 2.22. The van der Waals surface area contributed by atoms with Gasteiger partial charge in [-0.05, 0) is 37.7 Å². The van der Waals surface area contributed by atoms with E-state index in [1.165, 1.54) is 24.8 Å². The van der Waals surface area contributed by atoms with E-state index in [1.54, 1.807) is 0 Å². The molecule has 4 nitrogen and oxygen atoms in total. The van der Waals surface area contributed by atoms with Crippen LogP contribution in [0.1, 0.15) is 31.7 Å². The van der Waals surface area contributed by atoms with Gasteiger partial charge in [-0.25, -0.2) is 0 Å². The van der Waals surface area contributed by atoms with Gasteiger partial charge in [0, 0.05) is 38.8 Å². The Morgan fingerprint density at radius 2 is 2.05 bits per heavy atom. The highest BCUT2D eigenvalue weighted by molar-refractivity contribution is 5.80. The molecule has 2 fully saturated rings. The van der Waals surface area contributed by atoms with Gasteiger partial charge in [0.15, 0.2) is 5.96 Å². The molecule has 0 bridgehead atoms. The van der Waals surface area contributed by atoms with Gasteiger partial charge in [0.1, 0.15) is 0 Å². The first kappa shape index (κ1) is 15.3. The number of hydrogen-bond acceptors (Lipinski definition) is 2. The van der Waals surface area contributed by atoms with Crippen molar-refractivity contribution < 1.29 is 0 Å². The second-order valence-electron chi connectivity index (χ2n) is 6.74. The predicted molar refractivity (Wildman–Crippen MR) is 91.9 cm³/mol. The minimum absolute atomic E-state index is 0.490. The Morgan fingerprint density at radius 3 is 2.73 bits per heavy atom. The summed E-state index contributed by atoms with van der Waals surface area (Å²) in [4.78, 5) is 6.92. The van der Waals surface area contributed by atoms with Gasteiger partial charge in [-0.1, -0.05) is 30.3 Å². The Kier molecular flexibility index (Phi) is 4.98. The van der Waals surface area contributed by atoms with Crippen LogP contribution in [0.5, 0.6) is 0 Å². The molecule has 0 radical (unpaired) electrons. The molecule has 2 N–H and O–H groups in total. The number of likely N-dealkylation sites (tertiary alicyclic amines) is 1. The summed E-state index contributed by atoms with van der Waals surface area (Å²) in [7, 11) is 1.86. The summed E-state index contributed by atoms with van der Waals surface area (Å²) in [5.74, 6) is 1.83. The van der Waals surface area contributed by atoms with Gasteiger partial charge in [0.05, 0.1) is 0 Å². The van der Waals surface area contributed by atoms with E-state index in [1.807, 2.05) is 7.05 Å². The fraction of sp³-hybridized carbons (Fsp3) is 0.611. The number of benzene rings is 1. The number of nitrogens with one attached hydrogen (secondary N) is 2. The van der Waals surface area contributed by atoms with E-state index in [4.69, 9.17) is 0 Å². The van der Waals surface area contributed by atoms with E-state index in [-0.39, 0.29) is 0 Å². The topological polar surface area (TPSA) is 39.7 Å². The molecule has 1 aliphatic carbocycles. The number of rotatable bonds is 5. The largest absolute Gasteiger partial charge is 0.356 e. The molecule has 0 amide bonds. The Labute approximate surface area is 134 Å². The third-order valence-corrected chi connectivity index (χ3v) is 4.75. The summed E-state index contributed by atoms with van der Waals surface area (Å²) in [6, 6.07) is 11.8. The van der Waals surface area contributed by atoms with Crippen molar-refractivity contribution in [1.29, 1.82) is 0 Å². The second kappa shape index (κ2) is 7.14. The van der Waals surface area contributed by atoms with Gasteiger partial charge in [-0.3, -0.25) is 9.89 Å². The first-order valence-electron chi connectivity index (χ1n) is 8.49. The lowest BCUT2D eigenvalue weighted by Crippen LogP contribution is -2.45. The molecule has 2 atom stereocenters. The molecule has 120 valence electrons. The standard InChI is InChI=1S/C18H28N4/c1-14-10-17(21-18(19-2)20-11-15-8-9-15)13-22(14)12-16-6-4-3-5-7-16/h3-7,14-15,17H,8-13H2,1-2H3,(H2,19,20,21). The van der Waals surface area contributed by atoms with E-state index < -0.39 is 0 Å². The second-order valence-corrected chi connectivity index (χ2v) is 6.74. The zero-order valence-electron chi connectivity index (χ0n) is 13.8. The van der Waals surface area contributed by atoms with Crippen LogP contribution in [0.4, 0.5) is 0 Å². The van der Waals surface area contributed by atoms with Crippen LogP contribution in [0.2, 0.25) is 0 Å². The van der Waals surface area contributed by atoms with Gasteiger partial charge < -0.3 is 10.6 Å². The Bertz CT molecular complexity index is 495. The quantitative estimate of drug-likeness (QED) is 0.647. The molecule has 1 saturated carbocycles. The molecule has 1 aromatic rings. The number of nitrogens with zero attached hydrogens (tertiary/aromatic N) is 2. The summed E-state index contributed by atoms with van der Waals surface area (Å²) in [5.41, 5.74) is 1.39. The van der Waals surface area contributed by atoms with E-state index in [2.05, 4.69) is 57.8 Å². The average Bonchev–Trinajstić information content (AvgIpc) is 3.30. The molecule has 1 heterocycles. The highest BCUT2D eigenvalue weighted by atomic mass is 15.3. The van der Waals surface area contributed by atoms with Crippen molar-refractivity contribution >= 4 is 5.96 Å². The summed E-state index contributed by atoms with van der Waals surface area (Å²) >= 11 is 0. The van der Waals surface area contributed by atoms with Crippen LogP contribution in [0.25, 0.3) is 0 Å².